The van der Waals surface area contributed by atoms with Gasteiger partial charge in [0.2, 0.25) is 0 Å². The summed E-state index contributed by atoms with van der Waals surface area (Å²) < 4.78 is 20.8. The first kappa shape index (κ1) is 13.5. The minimum Gasteiger partial charge on any atom is -0.379 e. The topological polar surface area (TPSA) is 56.3 Å². The molecule has 0 amide bonds. The van der Waals surface area contributed by atoms with Crippen molar-refractivity contribution in [1.29, 1.82) is 0 Å². The Morgan fingerprint density at radius 2 is 2.10 bits per heavy atom. The molecule has 20 heavy (non-hydrogen) atoms. The summed E-state index contributed by atoms with van der Waals surface area (Å²) in [5, 5.41) is 0. The number of nitrogens with zero attached hydrogens (tertiary/aromatic N) is 3. The van der Waals surface area contributed by atoms with E-state index in [0.717, 1.165) is 44.2 Å². The highest BCUT2D eigenvalue weighted by Gasteiger charge is 2.16. The highest BCUT2D eigenvalue weighted by molar-refractivity contribution is 5.76. The van der Waals surface area contributed by atoms with E-state index in [9.17, 15) is 4.39 Å². The normalized spacial score (nSPS) is 16.9. The number of hydrogen-bond donors (Lipinski definition) is 1. The van der Waals surface area contributed by atoms with Crippen molar-refractivity contribution in [2.24, 2.45) is 5.73 Å². The van der Waals surface area contributed by atoms with Gasteiger partial charge in [-0.1, -0.05) is 0 Å². The van der Waals surface area contributed by atoms with Crippen LogP contribution >= 0.6 is 0 Å². The van der Waals surface area contributed by atoms with Gasteiger partial charge in [0, 0.05) is 32.2 Å². The number of morpholine rings is 1. The van der Waals surface area contributed by atoms with Crippen molar-refractivity contribution in [3.05, 3.63) is 29.8 Å². The molecule has 1 aliphatic rings. The van der Waals surface area contributed by atoms with Crippen molar-refractivity contribution in [2.75, 3.05) is 32.8 Å². The molecule has 1 saturated heterocycles. The average Bonchev–Trinajstić information content (AvgIpc) is 2.77. The monoisotopic (exact) mass is 278 g/mol. The first-order chi connectivity index (χ1) is 9.78. The molecule has 0 bridgehead atoms. The molecule has 108 valence electrons. The second-order valence-electron chi connectivity index (χ2n) is 4.99. The number of halogens is 1. The van der Waals surface area contributed by atoms with Crippen LogP contribution in [-0.4, -0.2) is 47.3 Å². The molecular weight excluding hydrogens is 259 g/mol. The summed E-state index contributed by atoms with van der Waals surface area (Å²) in [5.74, 6) is 0.686. The van der Waals surface area contributed by atoms with Crippen LogP contribution in [0.2, 0.25) is 0 Å². The standard InChI is InChI=1S/C14H19FN4O/c15-11-1-2-13-12(9-11)17-14(19(13)4-3-16)10-18-5-7-20-8-6-18/h1-2,9H,3-8,10,16H2. The van der Waals surface area contributed by atoms with E-state index in [4.69, 9.17) is 10.5 Å². The maximum Gasteiger partial charge on any atom is 0.125 e. The zero-order valence-electron chi connectivity index (χ0n) is 11.4. The van der Waals surface area contributed by atoms with Crippen LogP contribution in [0.5, 0.6) is 0 Å². The van der Waals surface area contributed by atoms with E-state index in [2.05, 4.69) is 14.5 Å². The summed E-state index contributed by atoms with van der Waals surface area (Å²) in [6.07, 6.45) is 0. The predicted octanol–water partition coefficient (Wildman–Crippen LogP) is 0.966. The summed E-state index contributed by atoms with van der Waals surface area (Å²) in [5.41, 5.74) is 7.33. The summed E-state index contributed by atoms with van der Waals surface area (Å²) in [7, 11) is 0. The van der Waals surface area contributed by atoms with Crippen LogP contribution in [0, 0.1) is 5.82 Å². The van der Waals surface area contributed by atoms with E-state index in [1.807, 2.05) is 0 Å². The molecular formula is C14H19FN4O. The number of fused-ring (bicyclic) bond motifs is 1. The maximum atomic E-state index is 13.3. The lowest BCUT2D eigenvalue weighted by atomic mass is 10.3. The molecule has 2 aromatic rings. The molecule has 0 saturated carbocycles. The molecule has 3 rings (SSSR count). The molecule has 2 N–H and O–H groups in total. The lowest BCUT2D eigenvalue weighted by Crippen LogP contribution is -2.36. The maximum absolute atomic E-state index is 13.3. The second-order valence-corrected chi connectivity index (χ2v) is 4.99. The van der Waals surface area contributed by atoms with Gasteiger partial charge in [0.15, 0.2) is 0 Å². The van der Waals surface area contributed by atoms with Gasteiger partial charge in [-0.25, -0.2) is 9.37 Å². The van der Waals surface area contributed by atoms with E-state index in [1.165, 1.54) is 12.1 Å². The number of aromatic nitrogens is 2. The molecule has 5 nitrogen and oxygen atoms in total. The molecule has 1 aromatic heterocycles. The number of hydrogen-bond acceptors (Lipinski definition) is 4. The third-order valence-corrected chi connectivity index (χ3v) is 3.61. The van der Waals surface area contributed by atoms with Crippen molar-refractivity contribution in [2.45, 2.75) is 13.1 Å². The Morgan fingerprint density at radius 1 is 1.30 bits per heavy atom. The van der Waals surface area contributed by atoms with Crippen LogP contribution < -0.4 is 5.73 Å². The van der Waals surface area contributed by atoms with Gasteiger partial charge in [-0.2, -0.15) is 0 Å². The quantitative estimate of drug-likeness (QED) is 0.905. The van der Waals surface area contributed by atoms with Crippen molar-refractivity contribution >= 4 is 11.0 Å². The third-order valence-electron chi connectivity index (χ3n) is 3.61. The lowest BCUT2D eigenvalue weighted by molar-refractivity contribution is 0.0326. The van der Waals surface area contributed by atoms with Crippen LogP contribution in [-0.2, 0) is 17.8 Å². The van der Waals surface area contributed by atoms with Crippen molar-refractivity contribution in [3.8, 4) is 0 Å². The molecule has 6 heteroatoms. The van der Waals surface area contributed by atoms with Crippen LogP contribution in [0.25, 0.3) is 11.0 Å². The van der Waals surface area contributed by atoms with Gasteiger partial charge in [-0.15, -0.1) is 0 Å². The van der Waals surface area contributed by atoms with Crippen molar-refractivity contribution in [3.63, 3.8) is 0 Å². The molecule has 0 radical (unpaired) electrons. The highest BCUT2D eigenvalue weighted by atomic mass is 19.1. The molecule has 1 aliphatic heterocycles. The average molecular weight is 278 g/mol. The number of ether oxygens (including phenoxy) is 1. The molecule has 2 heterocycles. The van der Waals surface area contributed by atoms with E-state index in [0.29, 0.717) is 18.6 Å². The fourth-order valence-electron chi connectivity index (χ4n) is 2.61. The number of imidazole rings is 1. The molecule has 1 aromatic carbocycles. The van der Waals surface area contributed by atoms with Gasteiger partial charge in [0.1, 0.15) is 11.6 Å². The molecule has 0 atom stereocenters. The molecule has 0 unspecified atom stereocenters. The van der Waals surface area contributed by atoms with Gasteiger partial charge >= 0.3 is 0 Å². The minimum absolute atomic E-state index is 0.257. The smallest absolute Gasteiger partial charge is 0.125 e. The lowest BCUT2D eigenvalue weighted by Gasteiger charge is -2.26. The van der Waals surface area contributed by atoms with Gasteiger partial charge in [-0.3, -0.25) is 4.90 Å². The Balaban J connectivity index is 1.93. The van der Waals surface area contributed by atoms with E-state index in [1.54, 1.807) is 6.07 Å². The Bertz CT molecular complexity index is 592. The van der Waals surface area contributed by atoms with Gasteiger partial charge < -0.3 is 15.0 Å². The van der Waals surface area contributed by atoms with E-state index in [-0.39, 0.29) is 5.82 Å². The first-order valence-electron chi connectivity index (χ1n) is 6.93. The minimum atomic E-state index is -0.257. The van der Waals surface area contributed by atoms with Crippen LogP contribution in [0.3, 0.4) is 0 Å². The van der Waals surface area contributed by atoms with Gasteiger partial charge in [-0.05, 0) is 12.1 Å². The molecule has 1 fully saturated rings. The second kappa shape index (κ2) is 5.87. The van der Waals surface area contributed by atoms with Gasteiger partial charge in [0.05, 0.1) is 30.8 Å². The van der Waals surface area contributed by atoms with Crippen molar-refractivity contribution < 1.29 is 9.13 Å². The van der Waals surface area contributed by atoms with E-state index < -0.39 is 0 Å². The van der Waals surface area contributed by atoms with Crippen molar-refractivity contribution in [1.82, 2.24) is 14.5 Å². The summed E-state index contributed by atoms with van der Waals surface area (Å²) in [4.78, 5) is 6.87. The van der Waals surface area contributed by atoms with Crippen LogP contribution in [0.15, 0.2) is 18.2 Å². The zero-order chi connectivity index (χ0) is 13.9. The highest BCUT2D eigenvalue weighted by Crippen LogP contribution is 2.19. The third kappa shape index (κ3) is 2.67. The molecule has 0 spiro atoms. The Morgan fingerprint density at radius 3 is 2.85 bits per heavy atom. The van der Waals surface area contributed by atoms with E-state index >= 15 is 0 Å². The fourth-order valence-corrected chi connectivity index (χ4v) is 2.61. The Labute approximate surface area is 117 Å². The SMILES string of the molecule is NCCn1c(CN2CCOCC2)nc2cc(F)ccc21. The zero-order valence-corrected chi connectivity index (χ0v) is 11.4. The number of benzene rings is 1. The number of rotatable bonds is 4. The first-order valence-corrected chi connectivity index (χ1v) is 6.93. The summed E-state index contributed by atoms with van der Waals surface area (Å²) in [6.45, 7) is 5.30. The summed E-state index contributed by atoms with van der Waals surface area (Å²) in [6, 6.07) is 4.72. The van der Waals surface area contributed by atoms with Crippen LogP contribution in [0.1, 0.15) is 5.82 Å². The predicted molar refractivity (Wildman–Crippen MR) is 74.8 cm³/mol. The van der Waals surface area contributed by atoms with Crippen LogP contribution in [0.4, 0.5) is 4.39 Å². The fraction of sp³-hybridized carbons (Fsp3) is 0.500. The Hall–Kier alpha value is -1.50. The molecule has 0 aliphatic carbocycles. The summed E-state index contributed by atoms with van der Waals surface area (Å²) >= 11 is 0. The van der Waals surface area contributed by atoms with Gasteiger partial charge in [0.25, 0.3) is 0 Å². The number of nitrogens with two attached hydrogens (primary N) is 1. The largest absolute Gasteiger partial charge is 0.379 e. The Kier molecular flexibility index (Phi) is 3.95.